The third kappa shape index (κ3) is 4.65. The zero-order valence-electron chi connectivity index (χ0n) is 13.2. The normalized spacial score (nSPS) is 11.0. The number of amides is 2. The lowest BCUT2D eigenvalue weighted by molar-refractivity contribution is -0.114. The SMILES string of the molecule is CC(=O)Nc1ccc2nc(NC(=O)/C=C/c3ccc(Cl)cc3)sc2c1. The molecule has 3 aromatic rings. The molecule has 1 heterocycles. The fourth-order valence-corrected chi connectivity index (χ4v) is 3.19. The molecule has 1 aromatic heterocycles. The van der Waals surface area contributed by atoms with E-state index < -0.39 is 0 Å². The first kappa shape index (κ1) is 17.1. The molecule has 0 radical (unpaired) electrons. The number of nitrogens with zero attached hydrogens (tertiary/aromatic N) is 1. The van der Waals surface area contributed by atoms with Crippen molar-refractivity contribution in [1.29, 1.82) is 0 Å². The number of hydrogen-bond acceptors (Lipinski definition) is 4. The number of aromatic nitrogens is 1. The van der Waals surface area contributed by atoms with Crippen LogP contribution >= 0.6 is 22.9 Å². The monoisotopic (exact) mass is 371 g/mol. The van der Waals surface area contributed by atoms with Crippen LogP contribution < -0.4 is 10.6 Å². The first-order valence-electron chi connectivity index (χ1n) is 7.42. The maximum atomic E-state index is 12.0. The van der Waals surface area contributed by atoms with Crippen LogP contribution in [0, 0.1) is 0 Å². The highest BCUT2D eigenvalue weighted by Crippen LogP contribution is 2.28. The minimum Gasteiger partial charge on any atom is -0.326 e. The number of halogens is 1. The molecule has 0 saturated carbocycles. The summed E-state index contributed by atoms with van der Waals surface area (Å²) < 4.78 is 0.878. The Morgan fingerprint density at radius 2 is 1.88 bits per heavy atom. The topological polar surface area (TPSA) is 71.1 Å². The number of nitrogens with one attached hydrogen (secondary N) is 2. The van der Waals surface area contributed by atoms with Crippen molar-refractivity contribution in [2.45, 2.75) is 6.92 Å². The van der Waals surface area contributed by atoms with Crippen molar-refractivity contribution >= 4 is 61.9 Å². The second-order valence-corrected chi connectivity index (χ2v) is 6.72. The Morgan fingerprint density at radius 3 is 2.60 bits per heavy atom. The van der Waals surface area contributed by atoms with Gasteiger partial charge in [0.25, 0.3) is 0 Å². The van der Waals surface area contributed by atoms with Gasteiger partial charge < -0.3 is 5.32 Å². The summed E-state index contributed by atoms with van der Waals surface area (Å²) in [4.78, 5) is 27.5. The Morgan fingerprint density at radius 1 is 1.12 bits per heavy atom. The zero-order chi connectivity index (χ0) is 17.8. The molecule has 0 aliphatic carbocycles. The quantitative estimate of drug-likeness (QED) is 0.660. The summed E-state index contributed by atoms with van der Waals surface area (Å²) in [6.45, 7) is 1.45. The van der Waals surface area contributed by atoms with Crippen LogP contribution in [-0.4, -0.2) is 16.8 Å². The third-order valence-corrected chi connectivity index (χ3v) is 4.42. The molecular formula is C18H14ClN3O2S. The minimum atomic E-state index is -0.268. The van der Waals surface area contributed by atoms with Gasteiger partial charge in [-0.25, -0.2) is 4.98 Å². The van der Waals surface area contributed by atoms with Crippen LogP contribution in [0.1, 0.15) is 12.5 Å². The maximum absolute atomic E-state index is 12.0. The molecule has 126 valence electrons. The summed E-state index contributed by atoms with van der Waals surface area (Å²) in [5.74, 6) is -0.402. The van der Waals surface area contributed by atoms with Crippen LogP contribution in [0.3, 0.4) is 0 Å². The number of thiazole rings is 1. The van der Waals surface area contributed by atoms with Crippen LogP contribution in [0.5, 0.6) is 0 Å². The highest BCUT2D eigenvalue weighted by Gasteiger charge is 2.07. The fraction of sp³-hybridized carbons (Fsp3) is 0.0556. The van der Waals surface area contributed by atoms with Crippen molar-refractivity contribution < 1.29 is 9.59 Å². The van der Waals surface area contributed by atoms with Crippen molar-refractivity contribution in [3.63, 3.8) is 0 Å². The molecule has 3 rings (SSSR count). The van der Waals surface area contributed by atoms with E-state index in [-0.39, 0.29) is 11.8 Å². The van der Waals surface area contributed by atoms with Crippen molar-refractivity contribution in [3.8, 4) is 0 Å². The molecular weight excluding hydrogens is 358 g/mol. The minimum absolute atomic E-state index is 0.135. The average Bonchev–Trinajstić information content (AvgIpc) is 2.95. The molecule has 0 unspecified atom stereocenters. The van der Waals surface area contributed by atoms with Crippen molar-refractivity contribution in [1.82, 2.24) is 4.98 Å². The second kappa shape index (κ2) is 7.46. The molecule has 2 aromatic carbocycles. The first-order valence-corrected chi connectivity index (χ1v) is 8.62. The predicted octanol–water partition coefficient (Wildman–Crippen LogP) is 4.56. The summed E-state index contributed by atoms with van der Waals surface area (Å²) >= 11 is 7.17. The van der Waals surface area contributed by atoms with Crippen LogP contribution in [0.25, 0.3) is 16.3 Å². The van der Waals surface area contributed by atoms with E-state index in [9.17, 15) is 9.59 Å². The van der Waals surface area contributed by atoms with Crippen LogP contribution in [-0.2, 0) is 9.59 Å². The Balaban J connectivity index is 1.70. The highest BCUT2D eigenvalue weighted by molar-refractivity contribution is 7.22. The van der Waals surface area contributed by atoms with E-state index in [2.05, 4.69) is 15.6 Å². The van der Waals surface area contributed by atoms with Crippen molar-refractivity contribution in [2.24, 2.45) is 0 Å². The fourth-order valence-electron chi connectivity index (χ4n) is 2.15. The van der Waals surface area contributed by atoms with Crippen molar-refractivity contribution in [2.75, 3.05) is 10.6 Å². The summed E-state index contributed by atoms with van der Waals surface area (Å²) in [7, 11) is 0. The molecule has 0 aliphatic rings. The number of anilines is 2. The molecule has 0 atom stereocenters. The lowest BCUT2D eigenvalue weighted by atomic mass is 10.2. The maximum Gasteiger partial charge on any atom is 0.250 e. The standard InChI is InChI=1S/C18H14ClN3O2S/c1-11(23)20-14-7-8-15-16(10-14)25-18(21-15)22-17(24)9-4-12-2-5-13(19)6-3-12/h2-10H,1H3,(H,20,23)(H,21,22,24)/b9-4+. The molecule has 2 amide bonds. The summed E-state index contributed by atoms with van der Waals surface area (Å²) in [6, 6.07) is 12.6. The number of carbonyl (C=O) groups excluding carboxylic acids is 2. The highest BCUT2D eigenvalue weighted by atomic mass is 35.5. The Kier molecular flexibility index (Phi) is 5.11. The Labute approximate surface area is 153 Å². The number of rotatable bonds is 4. The largest absolute Gasteiger partial charge is 0.326 e. The van der Waals surface area contributed by atoms with Gasteiger partial charge in [0, 0.05) is 23.7 Å². The molecule has 0 spiro atoms. The lowest BCUT2D eigenvalue weighted by Gasteiger charge is -1.99. The average molecular weight is 372 g/mol. The van der Waals surface area contributed by atoms with E-state index in [1.54, 1.807) is 30.3 Å². The van der Waals surface area contributed by atoms with E-state index in [1.165, 1.54) is 24.3 Å². The van der Waals surface area contributed by atoms with E-state index in [0.717, 1.165) is 15.8 Å². The smallest absolute Gasteiger partial charge is 0.250 e. The Hall–Kier alpha value is -2.70. The molecule has 0 bridgehead atoms. The molecule has 0 aliphatic heterocycles. The summed E-state index contributed by atoms with van der Waals surface area (Å²) in [5.41, 5.74) is 2.34. The lowest BCUT2D eigenvalue weighted by Crippen LogP contribution is -2.07. The molecule has 7 heteroatoms. The van der Waals surface area contributed by atoms with Crippen molar-refractivity contribution in [3.05, 3.63) is 59.1 Å². The van der Waals surface area contributed by atoms with Gasteiger partial charge in [0.2, 0.25) is 11.8 Å². The molecule has 0 saturated heterocycles. The van der Waals surface area contributed by atoms with Gasteiger partial charge in [-0.1, -0.05) is 35.1 Å². The van der Waals surface area contributed by atoms with E-state index in [0.29, 0.717) is 15.8 Å². The van der Waals surface area contributed by atoms with E-state index in [1.807, 2.05) is 18.2 Å². The first-order chi connectivity index (χ1) is 12.0. The molecule has 25 heavy (non-hydrogen) atoms. The van der Waals surface area contributed by atoms with Crippen LogP contribution in [0.2, 0.25) is 5.02 Å². The van der Waals surface area contributed by atoms with Gasteiger partial charge in [0.1, 0.15) is 0 Å². The van der Waals surface area contributed by atoms with Gasteiger partial charge in [0.05, 0.1) is 10.2 Å². The van der Waals surface area contributed by atoms with Gasteiger partial charge in [0.15, 0.2) is 5.13 Å². The van der Waals surface area contributed by atoms with Gasteiger partial charge in [-0.2, -0.15) is 0 Å². The number of carbonyl (C=O) groups is 2. The van der Waals surface area contributed by atoms with Gasteiger partial charge in [-0.05, 0) is 42.0 Å². The van der Waals surface area contributed by atoms with Crippen LogP contribution in [0.4, 0.5) is 10.8 Å². The van der Waals surface area contributed by atoms with Gasteiger partial charge in [-0.3, -0.25) is 14.9 Å². The number of hydrogen-bond donors (Lipinski definition) is 2. The van der Waals surface area contributed by atoms with E-state index >= 15 is 0 Å². The number of fused-ring (bicyclic) bond motifs is 1. The summed E-state index contributed by atoms with van der Waals surface area (Å²) in [5, 5.41) is 6.61. The molecule has 0 fully saturated rings. The van der Waals surface area contributed by atoms with Gasteiger partial charge >= 0.3 is 0 Å². The zero-order valence-corrected chi connectivity index (χ0v) is 14.8. The molecule has 2 N–H and O–H groups in total. The number of benzene rings is 2. The third-order valence-electron chi connectivity index (χ3n) is 3.24. The Bertz CT molecular complexity index is 964. The van der Waals surface area contributed by atoms with Crippen LogP contribution in [0.15, 0.2) is 48.5 Å². The summed E-state index contributed by atoms with van der Waals surface area (Å²) in [6.07, 6.45) is 3.14. The van der Waals surface area contributed by atoms with E-state index in [4.69, 9.17) is 11.6 Å². The molecule has 5 nitrogen and oxygen atoms in total. The van der Waals surface area contributed by atoms with Gasteiger partial charge in [-0.15, -0.1) is 0 Å². The predicted molar refractivity (Wildman–Crippen MR) is 103 cm³/mol. The second-order valence-electron chi connectivity index (χ2n) is 5.26.